The summed E-state index contributed by atoms with van der Waals surface area (Å²) in [4.78, 5) is 41.5. The van der Waals surface area contributed by atoms with Crippen molar-refractivity contribution in [3.05, 3.63) is 65.5 Å². The molecule has 2 aliphatic heterocycles. The molecule has 1 atom stereocenters. The summed E-state index contributed by atoms with van der Waals surface area (Å²) in [5.74, 6) is -0.725. The molecule has 1 unspecified atom stereocenters. The molecule has 0 spiro atoms. The third-order valence-electron chi connectivity index (χ3n) is 6.62. The van der Waals surface area contributed by atoms with Crippen molar-refractivity contribution in [1.29, 1.82) is 0 Å². The van der Waals surface area contributed by atoms with Crippen LogP contribution in [-0.4, -0.2) is 48.8 Å². The quantitative estimate of drug-likeness (QED) is 0.734. The number of hydrogen-bond donors (Lipinski definition) is 1. The summed E-state index contributed by atoms with van der Waals surface area (Å²) in [7, 11) is 0. The molecule has 2 aliphatic rings. The van der Waals surface area contributed by atoms with Gasteiger partial charge in [-0.2, -0.15) is 0 Å². The predicted molar refractivity (Wildman–Crippen MR) is 124 cm³/mol. The zero-order chi connectivity index (χ0) is 23.4. The first-order valence-electron chi connectivity index (χ1n) is 11.6. The Morgan fingerprint density at radius 2 is 1.67 bits per heavy atom. The van der Waals surface area contributed by atoms with Crippen molar-refractivity contribution in [2.24, 2.45) is 11.8 Å². The molecule has 3 amide bonds. The van der Waals surface area contributed by atoms with Gasteiger partial charge < -0.3 is 15.1 Å². The van der Waals surface area contributed by atoms with Gasteiger partial charge >= 0.3 is 0 Å². The topological polar surface area (TPSA) is 69.7 Å². The number of aryl methyl sites for hydroxylation is 1. The number of nitrogens with one attached hydrogen (secondary N) is 1. The molecule has 0 aliphatic carbocycles. The van der Waals surface area contributed by atoms with Gasteiger partial charge in [0, 0.05) is 44.2 Å². The predicted octanol–water partition coefficient (Wildman–Crippen LogP) is 3.08. The summed E-state index contributed by atoms with van der Waals surface area (Å²) in [5, 5.41) is 2.96. The van der Waals surface area contributed by atoms with Gasteiger partial charge in [0.25, 0.3) is 0 Å². The van der Waals surface area contributed by atoms with Crippen molar-refractivity contribution in [3.8, 4) is 0 Å². The zero-order valence-corrected chi connectivity index (χ0v) is 18.9. The molecule has 0 bridgehead atoms. The van der Waals surface area contributed by atoms with Crippen molar-refractivity contribution in [2.45, 2.75) is 32.6 Å². The molecule has 0 aromatic heterocycles. The van der Waals surface area contributed by atoms with Gasteiger partial charge in [-0.05, 0) is 56.0 Å². The van der Waals surface area contributed by atoms with E-state index in [-0.39, 0.29) is 41.8 Å². The van der Waals surface area contributed by atoms with Crippen LogP contribution < -0.4 is 10.2 Å². The Hall–Kier alpha value is -3.22. The molecule has 2 aromatic carbocycles. The maximum atomic E-state index is 13.0. The minimum Gasteiger partial charge on any atom is -0.356 e. The van der Waals surface area contributed by atoms with Gasteiger partial charge in [-0.3, -0.25) is 14.4 Å². The number of rotatable bonds is 6. The first-order chi connectivity index (χ1) is 15.9. The zero-order valence-electron chi connectivity index (χ0n) is 18.9. The minimum atomic E-state index is -0.333. The molecule has 1 N–H and O–H groups in total. The van der Waals surface area contributed by atoms with Crippen LogP contribution in [0.1, 0.15) is 30.4 Å². The second-order valence-corrected chi connectivity index (χ2v) is 9.01. The van der Waals surface area contributed by atoms with Gasteiger partial charge in [-0.25, -0.2) is 4.39 Å². The summed E-state index contributed by atoms with van der Waals surface area (Å²) in [6, 6.07) is 14.0. The average molecular weight is 452 g/mol. The van der Waals surface area contributed by atoms with Gasteiger partial charge in [0.15, 0.2) is 0 Å². The molecule has 7 heteroatoms. The number of nitrogens with zero attached hydrogens (tertiary/aromatic N) is 2. The van der Waals surface area contributed by atoms with Crippen LogP contribution in [-0.2, 0) is 20.8 Å². The standard InChI is InChI=1S/C26H30FN3O3/c1-18-2-8-23(9-3-18)30-17-21(16-24(30)31)26(33)29-14-11-20(12-15-29)25(32)28-13-10-19-4-6-22(27)7-5-19/h2-9,20-21H,10-17H2,1H3,(H,28,32). The van der Waals surface area contributed by atoms with Crippen molar-refractivity contribution in [3.63, 3.8) is 0 Å². The first kappa shape index (κ1) is 23.0. The second kappa shape index (κ2) is 10.1. The lowest BCUT2D eigenvalue weighted by Gasteiger charge is -2.33. The minimum absolute atomic E-state index is 0.00537. The fraction of sp³-hybridized carbons (Fsp3) is 0.423. The average Bonchev–Trinajstić information content (AvgIpc) is 3.22. The molecule has 174 valence electrons. The summed E-state index contributed by atoms with van der Waals surface area (Å²) in [5.41, 5.74) is 2.93. The molecule has 2 heterocycles. The monoisotopic (exact) mass is 451 g/mol. The molecule has 0 radical (unpaired) electrons. The number of amides is 3. The number of hydrogen-bond acceptors (Lipinski definition) is 3. The molecule has 2 aromatic rings. The fourth-order valence-electron chi connectivity index (χ4n) is 4.59. The lowest BCUT2D eigenvalue weighted by atomic mass is 9.94. The number of likely N-dealkylation sites (tertiary alicyclic amines) is 1. The highest BCUT2D eigenvalue weighted by atomic mass is 19.1. The number of benzene rings is 2. The Morgan fingerprint density at radius 1 is 1.00 bits per heavy atom. The third-order valence-corrected chi connectivity index (χ3v) is 6.62. The van der Waals surface area contributed by atoms with Crippen LogP contribution in [0.25, 0.3) is 0 Å². The van der Waals surface area contributed by atoms with Crippen LogP contribution >= 0.6 is 0 Å². The van der Waals surface area contributed by atoms with Crippen LogP contribution in [0.5, 0.6) is 0 Å². The lowest BCUT2D eigenvalue weighted by molar-refractivity contribution is -0.139. The Labute approximate surface area is 193 Å². The summed E-state index contributed by atoms with van der Waals surface area (Å²) in [6.45, 7) is 3.97. The number of carbonyl (C=O) groups excluding carboxylic acids is 3. The van der Waals surface area contributed by atoms with Crippen LogP contribution in [0.4, 0.5) is 10.1 Å². The number of halogens is 1. The highest BCUT2D eigenvalue weighted by Crippen LogP contribution is 2.28. The molecule has 2 saturated heterocycles. The fourth-order valence-corrected chi connectivity index (χ4v) is 4.59. The first-order valence-corrected chi connectivity index (χ1v) is 11.6. The Balaban J connectivity index is 1.22. The lowest BCUT2D eigenvalue weighted by Crippen LogP contribution is -2.45. The summed E-state index contributed by atoms with van der Waals surface area (Å²) in [6.07, 6.45) is 2.12. The highest BCUT2D eigenvalue weighted by Gasteiger charge is 2.38. The van der Waals surface area contributed by atoms with Crippen molar-refractivity contribution < 1.29 is 18.8 Å². The van der Waals surface area contributed by atoms with E-state index < -0.39 is 0 Å². The maximum absolute atomic E-state index is 13.0. The van der Waals surface area contributed by atoms with Gasteiger partial charge in [0.05, 0.1) is 5.92 Å². The van der Waals surface area contributed by atoms with E-state index >= 15 is 0 Å². The maximum Gasteiger partial charge on any atom is 0.228 e. The number of carbonyl (C=O) groups is 3. The van der Waals surface area contributed by atoms with Crippen molar-refractivity contribution in [2.75, 3.05) is 31.1 Å². The molecular weight excluding hydrogens is 421 g/mol. The van der Waals surface area contributed by atoms with Gasteiger partial charge in [0.1, 0.15) is 5.82 Å². The Morgan fingerprint density at radius 3 is 2.33 bits per heavy atom. The van der Waals surface area contributed by atoms with E-state index in [1.54, 1.807) is 21.9 Å². The molecule has 33 heavy (non-hydrogen) atoms. The van der Waals surface area contributed by atoms with Crippen molar-refractivity contribution >= 4 is 23.4 Å². The summed E-state index contributed by atoms with van der Waals surface area (Å²) >= 11 is 0. The van der Waals surface area contributed by atoms with Gasteiger partial charge in [0.2, 0.25) is 17.7 Å². The Bertz CT molecular complexity index is 998. The van der Waals surface area contributed by atoms with Gasteiger partial charge in [-0.1, -0.05) is 29.8 Å². The molecule has 6 nitrogen and oxygen atoms in total. The largest absolute Gasteiger partial charge is 0.356 e. The van der Waals surface area contributed by atoms with E-state index in [0.717, 1.165) is 16.8 Å². The van der Waals surface area contributed by atoms with Crippen molar-refractivity contribution in [1.82, 2.24) is 10.2 Å². The van der Waals surface area contributed by atoms with E-state index in [9.17, 15) is 18.8 Å². The molecule has 4 rings (SSSR count). The Kier molecular flexibility index (Phi) is 7.06. The van der Waals surface area contributed by atoms with Crippen LogP contribution in [0.15, 0.2) is 48.5 Å². The van der Waals surface area contributed by atoms with E-state index in [1.165, 1.54) is 12.1 Å². The molecular formula is C26H30FN3O3. The van der Waals surface area contributed by atoms with Crippen LogP contribution in [0, 0.1) is 24.6 Å². The molecule has 2 fully saturated rings. The number of piperidine rings is 1. The third kappa shape index (κ3) is 5.59. The second-order valence-electron chi connectivity index (χ2n) is 9.01. The van der Waals surface area contributed by atoms with Crippen LogP contribution in [0.2, 0.25) is 0 Å². The smallest absolute Gasteiger partial charge is 0.228 e. The number of anilines is 1. The van der Waals surface area contributed by atoms with E-state index in [1.807, 2.05) is 31.2 Å². The normalized spacial score (nSPS) is 19.1. The van der Waals surface area contributed by atoms with Crippen LogP contribution in [0.3, 0.4) is 0 Å². The van der Waals surface area contributed by atoms with E-state index in [0.29, 0.717) is 45.4 Å². The summed E-state index contributed by atoms with van der Waals surface area (Å²) < 4.78 is 13.0. The molecule has 0 saturated carbocycles. The van der Waals surface area contributed by atoms with Gasteiger partial charge in [-0.15, -0.1) is 0 Å². The SMILES string of the molecule is Cc1ccc(N2CC(C(=O)N3CCC(C(=O)NCCc4ccc(F)cc4)CC3)CC2=O)cc1. The van der Waals surface area contributed by atoms with E-state index in [2.05, 4.69) is 5.32 Å². The highest BCUT2D eigenvalue weighted by molar-refractivity contribution is 6.00. The van der Waals surface area contributed by atoms with E-state index in [4.69, 9.17) is 0 Å².